The first kappa shape index (κ1) is 12.4. The average molecular weight is 240 g/mol. The molecule has 0 aliphatic rings. The molecular weight excluding hydrogens is 224 g/mol. The summed E-state index contributed by atoms with van der Waals surface area (Å²) in [5.41, 5.74) is 3.31. The smallest absolute Gasteiger partial charge is 0.193 e. The molecule has 2 aromatic rings. The zero-order chi connectivity index (χ0) is 13.1. The average Bonchev–Trinajstić information content (AvgIpc) is 2.40. The summed E-state index contributed by atoms with van der Waals surface area (Å²) in [4.78, 5) is 12.5. The van der Waals surface area contributed by atoms with Gasteiger partial charge in [0.2, 0.25) is 0 Å². The van der Waals surface area contributed by atoms with Crippen molar-refractivity contribution < 1.29 is 9.53 Å². The SMILES string of the molecule is COc1ccc(C)c(C(=O)c2ccccc2)c1C. The van der Waals surface area contributed by atoms with Gasteiger partial charge >= 0.3 is 0 Å². The molecule has 0 atom stereocenters. The highest BCUT2D eigenvalue weighted by molar-refractivity contribution is 6.11. The number of methoxy groups -OCH3 is 1. The van der Waals surface area contributed by atoms with E-state index in [1.165, 1.54) is 0 Å². The topological polar surface area (TPSA) is 26.3 Å². The molecule has 0 radical (unpaired) electrons. The summed E-state index contributed by atoms with van der Waals surface area (Å²) >= 11 is 0. The van der Waals surface area contributed by atoms with Gasteiger partial charge in [-0.1, -0.05) is 36.4 Å². The van der Waals surface area contributed by atoms with Gasteiger partial charge in [0.25, 0.3) is 0 Å². The Hall–Kier alpha value is -2.09. The van der Waals surface area contributed by atoms with Crippen LogP contribution in [0, 0.1) is 13.8 Å². The highest BCUT2D eigenvalue weighted by atomic mass is 16.5. The fraction of sp³-hybridized carbons (Fsp3) is 0.188. The van der Waals surface area contributed by atoms with Gasteiger partial charge in [0.15, 0.2) is 5.78 Å². The van der Waals surface area contributed by atoms with E-state index in [0.29, 0.717) is 5.56 Å². The van der Waals surface area contributed by atoms with Crippen molar-refractivity contribution in [2.24, 2.45) is 0 Å². The van der Waals surface area contributed by atoms with Crippen LogP contribution < -0.4 is 4.74 Å². The van der Waals surface area contributed by atoms with Crippen LogP contribution in [-0.2, 0) is 0 Å². The van der Waals surface area contributed by atoms with Gasteiger partial charge < -0.3 is 4.74 Å². The summed E-state index contributed by atoms with van der Waals surface area (Å²) < 4.78 is 5.27. The van der Waals surface area contributed by atoms with Crippen molar-refractivity contribution in [2.45, 2.75) is 13.8 Å². The van der Waals surface area contributed by atoms with Crippen molar-refractivity contribution >= 4 is 5.78 Å². The summed E-state index contributed by atoms with van der Waals surface area (Å²) in [5, 5.41) is 0. The second-order valence-electron chi connectivity index (χ2n) is 4.28. The summed E-state index contributed by atoms with van der Waals surface area (Å²) in [6.45, 7) is 3.87. The quantitative estimate of drug-likeness (QED) is 0.767. The lowest BCUT2D eigenvalue weighted by Crippen LogP contribution is -2.07. The molecule has 0 amide bonds. The third-order valence-electron chi connectivity index (χ3n) is 3.11. The molecule has 0 fully saturated rings. The first-order valence-corrected chi connectivity index (χ1v) is 5.89. The molecule has 0 bridgehead atoms. The van der Waals surface area contributed by atoms with Crippen LogP contribution in [0.1, 0.15) is 27.0 Å². The number of hydrogen-bond acceptors (Lipinski definition) is 2. The van der Waals surface area contributed by atoms with Gasteiger partial charge in [-0.25, -0.2) is 0 Å². The number of ketones is 1. The van der Waals surface area contributed by atoms with Crippen LogP contribution in [0.25, 0.3) is 0 Å². The minimum atomic E-state index is 0.0458. The number of carbonyl (C=O) groups excluding carboxylic acids is 1. The first-order valence-electron chi connectivity index (χ1n) is 5.89. The molecule has 18 heavy (non-hydrogen) atoms. The van der Waals surface area contributed by atoms with Gasteiger partial charge in [0.05, 0.1) is 7.11 Å². The van der Waals surface area contributed by atoms with E-state index in [-0.39, 0.29) is 5.78 Å². The van der Waals surface area contributed by atoms with Crippen LogP contribution in [0.5, 0.6) is 5.75 Å². The van der Waals surface area contributed by atoms with Crippen molar-refractivity contribution in [3.05, 3.63) is 64.7 Å². The zero-order valence-corrected chi connectivity index (χ0v) is 10.9. The minimum Gasteiger partial charge on any atom is -0.496 e. The van der Waals surface area contributed by atoms with Crippen molar-refractivity contribution in [1.29, 1.82) is 0 Å². The number of hydrogen-bond donors (Lipinski definition) is 0. The van der Waals surface area contributed by atoms with Gasteiger partial charge in [-0.2, -0.15) is 0 Å². The Kier molecular flexibility index (Phi) is 3.47. The Balaban J connectivity index is 2.55. The molecule has 0 aromatic heterocycles. The molecule has 0 heterocycles. The zero-order valence-electron chi connectivity index (χ0n) is 10.9. The lowest BCUT2D eigenvalue weighted by molar-refractivity contribution is 0.103. The molecule has 2 heteroatoms. The van der Waals surface area contributed by atoms with E-state index in [4.69, 9.17) is 4.74 Å². The number of aryl methyl sites for hydroxylation is 1. The van der Waals surface area contributed by atoms with Crippen LogP contribution >= 0.6 is 0 Å². The maximum absolute atomic E-state index is 12.5. The summed E-state index contributed by atoms with van der Waals surface area (Å²) in [5.74, 6) is 0.796. The highest BCUT2D eigenvalue weighted by Crippen LogP contribution is 2.26. The molecular formula is C16H16O2. The summed E-state index contributed by atoms with van der Waals surface area (Å²) in [6, 6.07) is 13.1. The molecule has 0 N–H and O–H groups in total. The van der Waals surface area contributed by atoms with E-state index >= 15 is 0 Å². The van der Waals surface area contributed by atoms with Crippen molar-refractivity contribution in [3.63, 3.8) is 0 Å². The lowest BCUT2D eigenvalue weighted by atomic mass is 9.94. The van der Waals surface area contributed by atoms with Gasteiger partial charge in [-0.15, -0.1) is 0 Å². The van der Waals surface area contributed by atoms with E-state index in [9.17, 15) is 4.79 Å². The first-order chi connectivity index (χ1) is 8.65. The van der Waals surface area contributed by atoms with Crippen LogP contribution in [0.4, 0.5) is 0 Å². The maximum atomic E-state index is 12.5. The third-order valence-corrected chi connectivity index (χ3v) is 3.11. The predicted octanol–water partition coefficient (Wildman–Crippen LogP) is 3.54. The van der Waals surface area contributed by atoms with Crippen molar-refractivity contribution in [1.82, 2.24) is 0 Å². The molecule has 0 saturated heterocycles. The Bertz CT molecular complexity index is 571. The minimum absolute atomic E-state index is 0.0458. The van der Waals surface area contributed by atoms with E-state index in [1.807, 2.05) is 56.3 Å². The van der Waals surface area contributed by atoms with E-state index in [2.05, 4.69) is 0 Å². The number of carbonyl (C=O) groups is 1. The number of benzene rings is 2. The van der Waals surface area contributed by atoms with E-state index in [0.717, 1.165) is 22.4 Å². The van der Waals surface area contributed by atoms with Crippen molar-refractivity contribution in [2.75, 3.05) is 7.11 Å². The fourth-order valence-electron chi connectivity index (χ4n) is 2.13. The number of ether oxygens (including phenoxy) is 1. The standard InChI is InChI=1S/C16H16O2/c1-11-9-10-14(18-3)12(2)15(11)16(17)13-7-5-4-6-8-13/h4-10H,1-3H3. The molecule has 0 spiro atoms. The molecule has 2 aromatic carbocycles. The summed E-state index contributed by atoms with van der Waals surface area (Å²) in [6.07, 6.45) is 0. The second kappa shape index (κ2) is 5.05. The Morgan fingerprint density at radius 3 is 2.28 bits per heavy atom. The third kappa shape index (κ3) is 2.14. The van der Waals surface area contributed by atoms with Crippen LogP contribution in [0.15, 0.2) is 42.5 Å². The Morgan fingerprint density at radius 1 is 1.00 bits per heavy atom. The van der Waals surface area contributed by atoms with Gasteiger partial charge in [-0.05, 0) is 25.5 Å². The predicted molar refractivity (Wildman–Crippen MR) is 72.3 cm³/mol. The normalized spacial score (nSPS) is 10.2. The monoisotopic (exact) mass is 240 g/mol. The second-order valence-corrected chi connectivity index (χ2v) is 4.28. The summed E-state index contributed by atoms with van der Waals surface area (Å²) in [7, 11) is 1.62. The van der Waals surface area contributed by atoms with Crippen LogP contribution in [0.2, 0.25) is 0 Å². The van der Waals surface area contributed by atoms with Crippen LogP contribution in [-0.4, -0.2) is 12.9 Å². The molecule has 92 valence electrons. The maximum Gasteiger partial charge on any atom is 0.193 e. The molecule has 2 rings (SSSR count). The van der Waals surface area contributed by atoms with Crippen molar-refractivity contribution in [3.8, 4) is 5.75 Å². The molecule has 2 nitrogen and oxygen atoms in total. The molecule has 0 aliphatic heterocycles. The van der Waals surface area contributed by atoms with Gasteiger partial charge in [-0.3, -0.25) is 4.79 Å². The molecule has 0 unspecified atom stereocenters. The van der Waals surface area contributed by atoms with E-state index < -0.39 is 0 Å². The van der Waals surface area contributed by atoms with Gasteiger partial charge in [0, 0.05) is 16.7 Å². The Morgan fingerprint density at radius 2 is 1.67 bits per heavy atom. The van der Waals surface area contributed by atoms with Crippen LogP contribution in [0.3, 0.4) is 0 Å². The highest BCUT2D eigenvalue weighted by Gasteiger charge is 2.16. The molecule has 0 aliphatic carbocycles. The number of rotatable bonds is 3. The Labute approximate surface area is 107 Å². The van der Waals surface area contributed by atoms with E-state index in [1.54, 1.807) is 7.11 Å². The lowest BCUT2D eigenvalue weighted by Gasteiger charge is -2.12. The largest absolute Gasteiger partial charge is 0.496 e. The van der Waals surface area contributed by atoms with Gasteiger partial charge in [0.1, 0.15) is 5.75 Å². The fourth-order valence-corrected chi connectivity index (χ4v) is 2.13. The molecule has 0 saturated carbocycles.